The van der Waals surface area contributed by atoms with Crippen molar-refractivity contribution >= 4 is 17.5 Å². The zero-order valence-electron chi connectivity index (χ0n) is 8.50. The van der Waals surface area contributed by atoms with Gasteiger partial charge in [-0.25, -0.2) is 4.39 Å². The van der Waals surface area contributed by atoms with Crippen molar-refractivity contribution in [2.24, 2.45) is 5.73 Å². The van der Waals surface area contributed by atoms with Crippen LogP contribution in [0.2, 0.25) is 0 Å². The number of carbonyl (C=O) groups is 2. The summed E-state index contributed by atoms with van der Waals surface area (Å²) >= 11 is 0. The first-order valence-electron chi connectivity index (χ1n) is 4.64. The van der Waals surface area contributed by atoms with Crippen LogP contribution in [0.5, 0.6) is 0 Å². The molecule has 0 saturated carbocycles. The molecule has 0 bridgehead atoms. The monoisotopic (exact) mass is 225 g/mol. The number of nitrogens with two attached hydrogens (primary N) is 1. The highest BCUT2D eigenvalue weighted by Gasteiger charge is 2.06. The van der Waals surface area contributed by atoms with Crippen molar-refractivity contribution in [3.05, 3.63) is 30.1 Å². The van der Waals surface area contributed by atoms with Gasteiger partial charge in [-0.3, -0.25) is 9.59 Å². The second-order valence-corrected chi connectivity index (χ2v) is 3.01. The number of nitrogens with one attached hydrogen (secondary N) is 2. The Morgan fingerprint density at radius 1 is 1.25 bits per heavy atom. The second-order valence-electron chi connectivity index (χ2n) is 3.01. The van der Waals surface area contributed by atoms with Crippen LogP contribution in [0.1, 0.15) is 0 Å². The van der Waals surface area contributed by atoms with E-state index in [1.165, 1.54) is 18.2 Å². The highest BCUT2D eigenvalue weighted by Crippen LogP contribution is 2.11. The average molecular weight is 225 g/mol. The lowest BCUT2D eigenvalue weighted by molar-refractivity contribution is -0.123. The maximum absolute atomic E-state index is 13.1. The number of hydrogen-bond acceptors (Lipinski definition) is 3. The van der Waals surface area contributed by atoms with Crippen LogP contribution in [0, 0.1) is 5.82 Å². The molecule has 0 aliphatic carbocycles. The van der Waals surface area contributed by atoms with Crippen molar-refractivity contribution in [2.75, 3.05) is 18.4 Å². The molecule has 0 heterocycles. The van der Waals surface area contributed by atoms with Crippen LogP contribution in [0.4, 0.5) is 10.1 Å². The predicted molar refractivity (Wildman–Crippen MR) is 57.1 cm³/mol. The molecule has 1 aromatic carbocycles. The SMILES string of the molecule is NCC(=O)NCC(=O)Nc1ccccc1F. The molecule has 4 N–H and O–H groups in total. The van der Waals surface area contributed by atoms with Gasteiger partial charge in [-0.2, -0.15) is 0 Å². The molecule has 16 heavy (non-hydrogen) atoms. The summed E-state index contributed by atoms with van der Waals surface area (Å²) in [5, 5.41) is 4.59. The lowest BCUT2D eigenvalue weighted by Crippen LogP contribution is -2.36. The van der Waals surface area contributed by atoms with Gasteiger partial charge in [0.05, 0.1) is 18.8 Å². The van der Waals surface area contributed by atoms with E-state index in [9.17, 15) is 14.0 Å². The van der Waals surface area contributed by atoms with Gasteiger partial charge in [0.15, 0.2) is 0 Å². The zero-order valence-corrected chi connectivity index (χ0v) is 8.50. The van der Waals surface area contributed by atoms with E-state index in [0.29, 0.717) is 0 Å². The number of carbonyl (C=O) groups excluding carboxylic acids is 2. The molecule has 0 fully saturated rings. The Hall–Kier alpha value is -1.95. The molecule has 0 aliphatic rings. The molecular weight excluding hydrogens is 213 g/mol. The van der Waals surface area contributed by atoms with E-state index in [1.54, 1.807) is 6.07 Å². The maximum Gasteiger partial charge on any atom is 0.243 e. The Balaban J connectivity index is 2.46. The fourth-order valence-electron chi connectivity index (χ4n) is 1.01. The maximum atomic E-state index is 13.1. The van der Waals surface area contributed by atoms with E-state index in [4.69, 9.17) is 5.73 Å². The summed E-state index contributed by atoms with van der Waals surface area (Å²) in [4.78, 5) is 22.0. The largest absolute Gasteiger partial charge is 0.346 e. The lowest BCUT2D eigenvalue weighted by Gasteiger charge is -2.06. The van der Waals surface area contributed by atoms with E-state index in [-0.39, 0.29) is 18.8 Å². The highest BCUT2D eigenvalue weighted by atomic mass is 19.1. The lowest BCUT2D eigenvalue weighted by atomic mass is 10.3. The van der Waals surface area contributed by atoms with E-state index in [1.807, 2.05) is 0 Å². The summed E-state index contributed by atoms with van der Waals surface area (Å²) in [6.07, 6.45) is 0. The molecule has 0 unspecified atom stereocenters. The van der Waals surface area contributed by atoms with Gasteiger partial charge >= 0.3 is 0 Å². The van der Waals surface area contributed by atoms with Gasteiger partial charge in [-0.1, -0.05) is 12.1 Å². The van der Waals surface area contributed by atoms with E-state index in [0.717, 1.165) is 0 Å². The molecule has 0 aromatic heterocycles. The van der Waals surface area contributed by atoms with Crippen molar-refractivity contribution in [3.63, 3.8) is 0 Å². The van der Waals surface area contributed by atoms with Crippen LogP contribution in [-0.2, 0) is 9.59 Å². The smallest absolute Gasteiger partial charge is 0.243 e. The fraction of sp³-hybridized carbons (Fsp3) is 0.200. The molecule has 2 amide bonds. The van der Waals surface area contributed by atoms with Crippen molar-refractivity contribution in [1.82, 2.24) is 5.32 Å². The summed E-state index contributed by atoms with van der Waals surface area (Å²) in [5.41, 5.74) is 5.11. The third-order valence-corrected chi connectivity index (χ3v) is 1.78. The van der Waals surface area contributed by atoms with Crippen LogP contribution in [0.25, 0.3) is 0 Å². The molecule has 0 atom stereocenters. The van der Waals surface area contributed by atoms with Gasteiger partial charge in [0.1, 0.15) is 5.82 Å². The third-order valence-electron chi connectivity index (χ3n) is 1.78. The number of rotatable bonds is 4. The Kier molecular flexibility index (Phi) is 4.41. The standard InChI is InChI=1S/C10H12FN3O2/c11-7-3-1-2-4-8(7)14-10(16)6-13-9(15)5-12/h1-4H,5-6,12H2,(H,13,15)(H,14,16). The van der Waals surface area contributed by atoms with Gasteiger partial charge < -0.3 is 16.4 Å². The normalized spacial score (nSPS) is 9.62. The first-order chi connectivity index (χ1) is 7.63. The van der Waals surface area contributed by atoms with Gasteiger partial charge in [0.2, 0.25) is 11.8 Å². The third kappa shape index (κ3) is 3.66. The number of para-hydroxylation sites is 1. The predicted octanol–water partition coefficient (Wildman–Crippen LogP) is -0.161. The van der Waals surface area contributed by atoms with Gasteiger partial charge in [0.25, 0.3) is 0 Å². The van der Waals surface area contributed by atoms with Crippen molar-refractivity contribution < 1.29 is 14.0 Å². The minimum absolute atomic E-state index is 0.0782. The molecular formula is C10H12FN3O2. The van der Waals surface area contributed by atoms with Crippen molar-refractivity contribution in [1.29, 1.82) is 0 Å². The van der Waals surface area contributed by atoms with Crippen LogP contribution >= 0.6 is 0 Å². The summed E-state index contributed by atoms with van der Waals surface area (Å²) in [5.74, 6) is -1.48. The Morgan fingerprint density at radius 2 is 1.94 bits per heavy atom. The number of anilines is 1. The van der Waals surface area contributed by atoms with Gasteiger partial charge in [0, 0.05) is 0 Å². The van der Waals surface area contributed by atoms with Gasteiger partial charge in [-0.05, 0) is 12.1 Å². The molecule has 0 saturated heterocycles. The molecule has 5 nitrogen and oxygen atoms in total. The highest BCUT2D eigenvalue weighted by molar-refractivity contribution is 5.94. The number of halogens is 1. The topological polar surface area (TPSA) is 84.2 Å². The average Bonchev–Trinajstić information content (AvgIpc) is 2.29. The first-order valence-corrected chi connectivity index (χ1v) is 4.64. The molecule has 86 valence electrons. The molecule has 1 aromatic rings. The van der Waals surface area contributed by atoms with E-state index in [2.05, 4.69) is 10.6 Å². The molecule has 0 radical (unpaired) electrons. The fourth-order valence-corrected chi connectivity index (χ4v) is 1.01. The number of hydrogen-bond donors (Lipinski definition) is 3. The molecule has 0 spiro atoms. The van der Waals surface area contributed by atoms with Gasteiger partial charge in [-0.15, -0.1) is 0 Å². The van der Waals surface area contributed by atoms with E-state index < -0.39 is 17.6 Å². The summed E-state index contributed by atoms with van der Waals surface area (Å²) < 4.78 is 13.1. The quantitative estimate of drug-likeness (QED) is 0.665. The Labute approximate surface area is 91.8 Å². The molecule has 0 aliphatic heterocycles. The Bertz CT molecular complexity index is 395. The number of benzene rings is 1. The summed E-state index contributed by atoms with van der Waals surface area (Å²) in [7, 11) is 0. The summed E-state index contributed by atoms with van der Waals surface area (Å²) in [6.45, 7) is -0.419. The second kappa shape index (κ2) is 5.82. The Morgan fingerprint density at radius 3 is 2.56 bits per heavy atom. The minimum atomic E-state index is -0.527. The molecule has 1 rings (SSSR count). The van der Waals surface area contributed by atoms with Crippen LogP contribution in [-0.4, -0.2) is 24.9 Å². The van der Waals surface area contributed by atoms with Crippen molar-refractivity contribution in [3.8, 4) is 0 Å². The van der Waals surface area contributed by atoms with Crippen LogP contribution < -0.4 is 16.4 Å². The van der Waals surface area contributed by atoms with Crippen molar-refractivity contribution in [2.45, 2.75) is 0 Å². The zero-order chi connectivity index (χ0) is 12.0. The van der Waals surface area contributed by atoms with E-state index >= 15 is 0 Å². The van der Waals surface area contributed by atoms with Crippen LogP contribution in [0.15, 0.2) is 24.3 Å². The van der Waals surface area contributed by atoms with Crippen LogP contribution in [0.3, 0.4) is 0 Å². The number of amides is 2. The minimum Gasteiger partial charge on any atom is -0.346 e. The molecule has 6 heteroatoms. The summed E-state index contributed by atoms with van der Waals surface area (Å²) in [6, 6.07) is 5.77. The first kappa shape index (κ1) is 12.1.